The highest BCUT2D eigenvalue weighted by atomic mass is 32.2. The Balaban J connectivity index is 2.38. The van der Waals surface area contributed by atoms with Crippen LogP contribution in [0.2, 0.25) is 0 Å². The molecule has 0 aliphatic rings. The van der Waals surface area contributed by atoms with Gasteiger partial charge in [0.05, 0.1) is 0 Å². The van der Waals surface area contributed by atoms with Crippen molar-refractivity contribution in [1.82, 2.24) is 0 Å². The molecule has 0 spiro atoms. The van der Waals surface area contributed by atoms with E-state index in [1.165, 1.54) is 4.90 Å². The fraction of sp³-hybridized carbons (Fsp3) is 0.200. The number of hydrogen-bond donors (Lipinski definition) is 1. The van der Waals surface area contributed by atoms with Crippen molar-refractivity contribution in [2.75, 3.05) is 5.75 Å². The van der Waals surface area contributed by atoms with Gasteiger partial charge in [0, 0.05) is 16.7 Å². The van der Waals surface area contributed by atoms with Crippen LogP contribution >= 0.6 is 11.8 Å². The lowest BCUT2D eigenvalue weighted by atomic mass is 10.4. The van der Waals surface area contributed by atoms with Crippen LogP contribution in [0.1, 0.15) is 0 Å². The number of rotatable bonds is 4. The molecule has 0 saturated carbocycles. The van der Waals surface area contributed by atoms with E-state index < -0.39 is 0 Å². The first-order chi connectivity index (χ1) is 5.83. The van der Waals surface area contributed by atoms with Crippen LogP contribution in [0, 0.1) is 0 Å². The van der Waals surface area contributed by atoms with Gasteiger partial charge in [-0.05, 0) is 12.1 Å². The van der Waals surface area contributed by atoms with Gasteiger partial charge in [0.1, 0.15) is 0 Å². The fourth-order valence-corrected chi connectivity index (χ4v) is 1.65. The van der Waals surface area contributed by atoms with Gasteiger partial charge >= 0.3 is 0 Å². The summed E-state index contributed by atoms with van der Waals surface area (Å²) < 4.78 is 0. The van der Waals surface area contributed by atoms with Gasteiger partial charge < -0.3 is 5.73 Å². The van der Waals surface area contributed by atoms with E-state index in [0.29, 0.717) is 0 Å². The van der Waals surface area contributed by atoms with Crippen molar-refractivity contribution in [2.45, 2.75) is 10.9 Å². The van der Waals surface area contributed by atoms with E-state index in [1.807, 2.05) is 18.2 Å². The molecule has 12 heavy (non-hydrogen) atoms. The highest BCUT2D eigenvalue weighted by Gasteiger charge is 1.97. The Morgan fingerprint density at radius 3 is 2.67 bits per heavy atom. The van der Waals surface area contributed by atoms with E-state index in [-0.39, 0.29) is 6.04 Å². The molecular formula is C10H13NS. The molecule has 0 aromatic heterocycles. The van der Waals surface area contributed by atoms with Gasteiger partial charge in [0.2, 0.25) is 0 Å². The van der Waals surface area contributed by atoms with Crippen LogP contribution in [0.25, 0.3) is 0 Å². The van der Waals surface area contributed by atoms with E-state index in [9.17, 15) is 0 Å². The average Bonchev–Trinajstić information content (AvgIpc) is 2.16. The van der Waals surface area contributed by atoms with Crippen molar-refractivity contribution in [3.05, 3.63) is 43.0 Å². The SMILES string of the molecule is C=C[C@@H](N)CSc1ccccc1. The van der Waals surface area contributed by atoms with Gasteiger partial charge in [0.25, 0.3) is 0 Å². The molecule has 0 radical (unpaired) electrons. The summed E-state index contributed by atoms with van der Waals surface area (Å²) in [7, 11) is 0. The minimum Gasteiger partial charge on any atom is -0.324 e. The maximum atomic E-state index is 5.68. The first kappa shape index (κ1) is 9.36. The first-order valence-corrected chi connectivity index (χ1v) is 4.87. The third kappa shape index (κ3) is 3.11. The third-order valence-corrected chi connectivity index (χ3v) is 2.65. The third-order valence-electron chi connectivity index (χ3n) is 1.49. The number of thioether (sulfide) groups is 1. The molecular weight excluding hydrogens is 166 g/mol. The number of nitrogens with two attached hydrogens (primary N) is 1. The van der Waals surface area contributed by atoms with Crippen LogP contribution in [0.15, 0.2) is 47.9 Å². The molecule has 1 aromatic carbocycles. The maximum Gasteiger partial charge on any atom is 0.0316 e. The Labute approximate surface area is 77.7 Å². The van der Waals surface area contributed by atoms with E-state index in [4.69, 9.17) is 5.73 Å². The molecule has 1 rings (SSSR count). The lowest BCUT2D eigenvalue weighted by molar-refractivity contribution is 0.943. The van der Waals surface area contributed by atoms with Crippen LogP contribution in [0.5, 0.6) is 0 Å². The summed E-state index contributed by atoms with van der Waals surface area (Å²) in [5.41, 5.74) is 5.68. The molecule has 0 amide bonds. The molecule has 0 saturated heterocycles. The van der Waals surface area contributed by atoms with Crippen molar-refractivity contribution in [2.24, 2.45) is 5.73 Å². The molecule has 0 aliphatic carbocycles. The predicted molar refractivity (Wildman–Crippen MR) is 55.3 cm³/mol. The molecule has 1 nitrogen and oxygen atoms in total. The minimum atomic E-state index is 0.0928. The zero-order valence-corrected chi connectivity index (χ0v) is 7.76. The molecule has 0 unspecified atom stereocenters. The van der Waals surface area contributed by atoms with E-state index in [0.717, 1.165) is 5.75 Å². The van der Waals surface area contributed by atoms with Gasteiger partial charge in [-0.2, -0.15) is 0 Å². The second-order valence-electron chi connectivity index (χ2n) is 2.52. The highest BCUT2D eigenvalue weighted by Crippen LogP contribution is 2.17. The average molecular weight is 179 g/mol. The van der Waals surface area contributed by atoms with Crippen LogP contribution in [0.3, 0.4) is 0 Å². The Morgan fingerprint density at radius 2 is 2.08 bits per heavy atom. The minimum absolute atomic E-state index is 0.0928. The van der Waals surface area contributed by atoms with Gasteiger partial charge in [-0.1, -0.05) is 24.3 Å². The monoisotopic (exact) mass is 179 g/mol. The summed E-state index contributed by atoms with van der Waals surface area (Å²) in [6.45, 7) is 3.63. The predicted octanol–water partition coefficient (Wildman–Crippen LogP) is 2.29. The Kier molecular flexibility index (Phi) is 3.91. The van der Waals surface area contributed by atoms with E-state index in [1.54, 1.807) is 17.8 Å². The molecule has 0 aliphatic heterocycles. The Morgan fingerprint density at radius 1 is 1.42 bits per heavy atom. The van der Waals surface area contributed by atoms with Crippen LogP contribution in [0.4, 0.5) is 0 Å². The Bertz CT molecular complexity index is 233. The van der Waals surface area contributed by atoms with Crippen molar-refractivity contribution >= 4 is 11.8 Å². The lowest BCUT2D eigenvalue weighted by Gasteiger charge is -2.04. The molecule has 0 heterocycles. The summed E-state index contributed by atoms with van der Waals surface area (Å²) >= 11 is 1.76. The fourth-order valence-electron chi connectivity index (χ4n) is 0.777. The number of benzene rings is 1. The summed E-state index contributed by atoms with van der Waals surface area (Å²) in [4.78, 5) is 1.26. The van der Waals surface area contributed by atoms with Crippen LogP contribution in [-0.2, 0) is 0 Å². The Hall–Kier alpha value is -0.730. The van der Waals surface area contributed by atoms with Crippen molar-refractivity contribution in [3.8, 4) is 0 Å². The molecule has 0 fully saturated rings. The summed E-state index contributed by atoms with van der Waals surface area (Å²) in [6, 6.07) is 10.3. The van der Waals surface area contributed by atoms with Crippen molar-refractivity contribution in [1.29, 1.82) is 0 Å². The standard InChI is InChI=1S/C10H13NS/c1-2-9(11)8-12-10-6-4-3-5-7-10/h2-7,9H,1,8,11H2/t9-/m1/s1. The molecule has 2 heteroatoms. The molecule has 1 atom stereocenters. The largest absolute Gasteiger partial charge is 0.324 e. The quantitative estimate of drug-likeness (QED) is 0.567. The zero-order chi connectivity index (χ0) is 8.81. The summed E-state index contributed by atoms with van der Waals surface area (Å²) in [6.07, 6.45) is 1.77. The van der Waals surface area contributed by atoms with E-state index in [2.05, 4.69) is 18.7 Å². The van der Waals surface area contributed by atoms with Crippen molar-refractivity contribution < 1.29 is 0 Å². The second kappa shape index (κ2) is 5.01. The molecule has 0 bridgehead atoms. The van der Waals surface area contributed by atoms with E-state index >= 15 is 0 Å². The van der Waals surface area contributed by atoms with Gasteiger partial charge in [-0.25, -0.2) is 0 Å². The lowest BCUT2D eigenvalue weighted by Crippen LogP contribution is -2.18. The van der Waals surface area contributed by atoms with Crippen molar-refractivity contribution in [3.63, 3.8) is 0 Å². The molecule has 1 aromatic rings. The zero-order valence-electron chi connectivity index (χ0n) is 6.94. The highest BCUT2D eigenvalue weighted by molar-refractivity contribution is 7.99. The van der Waals surface area contributed by atoms with Gasteiger partial charge in [-0.3, -0.25) is 0 Å². The summed E-state index contributed by atoms with van der Waals surface area (Å²) in [5.74, 6) is 0.896. The van der Waals surface area contributed by atoms with Crippen LogP contribution < -0.4 is 5.73 Å². The maximum absolute atomic E-state index is 5.68. The first-order valence-electron chi connectivity index (χ1n) is 3.89. The normalized spacial score (nSPS) is 12.4. The smallest absolute Gasteiger partial charge is 0.0316 e. The summed E-state index contributed by atoms with van der Waals surface area (Å²) in [5, 5.41) is 0. The van der Waals surface area contributed by atoms with Gasteiger partial charge in [-0.15, -0.1) is 18.3 Å². The second-order valence-corrected chi connectivity index (χ2v) is 3.62. The molecule has 2 N–H and O–H groups in total. The molecule has 64 valence electrons. The topological polar surface area (TPSA) is 26.0 Å². The van der Waals surface area contributed by atoms with Gasteiger partial charge in [0.15, 0.2) is 0 Å². The number of hydrogen-bond acceptors (Lipinski definition) is 2. The van der Waals surface area contributed by atoms with Crippen LogP contribution in [-0.4, -0.2) is 11.8 Å².